The van der Waals surface area contributed by atoms with Crippen LogP contribution < -0.4 is 5.32 Å². The lowest BCUT2D eigenvalue weighted by molar-refractivity contribution is 0.274. The first-order valence-corrected chi connectivity index (χ1v) is 8.79. The lowest BCUT2D eigenvalue weighted by Crippen LogP contribution is -2.29. The van der Waals surface area contributed by atoms with Gasteiger partial charge >= 0.3 is 0 Å². The number of thioether (sulfide) groups is 1. The molecule has 0 aromatic heterocycles. The van der Waals surface area contributed by atoms with Crippen molar-refractivity contribution in [2.24, 2.45) is 5.92 Å². The van der Waals surface area contributed by atoms with Crippen LogP contribution in [0, 0.1) is 5.92 Å². The fraction of sp³-hybridized carbons (Fsp3) is 0.647. The Bertz CT molecular complexity index is 354. The van der Waals surface area contributed by atoms with E-state index in [-0.39, 0.29) is 0 Å². The molecule has 1 aromatic carbocycles. The quantitative estimate of drug-likeness (QED) is 0.732. The molecule has 1 atom stereocenters. The molecule has 1 fully saturated rings. The van der Waals surface area contributed by atoms with E-state index in [1.54, 1.807) is 0 Å². The molecule has 1 N–H and O–H groups in total. The van der Waals surface area contributed by atoms with Crippen molar-refractivity contribution in [3.8, 4) is 0 Å². The van der Waals surface area contributed by atoms with Crippen molar-refractivity contribution in [1.82, 2.24) is 5.32 Å². The van der Waals surface area contributed by atoms with Crippen LogP contribution in [0.3, 0.4) is 0 Å². The van der Waals surface area contributed by atoms with E-state index in [4.69, 9.17) is 0 Å². The van der Waals surface area contributed by atoms with E-state index in [0.717, 1.165) is 18.2 Å². The first-order chi connectivity index (χ1) is 9.35. The zero-order chi connectivity index (χ0) is 13.5. The molecule has 2 heteroatoms. The minimum Gasteiger partial charge on any atom is -0.310 e. The zero-order valence-corrected chi connectivity index (χ0v) is 13.1. The van der Waals surface area contributed by atoms with Crippen LogP contribution in [0.25, 0.3) is 0 Å². The summed E-state index contributed by atoms with van der Waals surface area (Å²) >= 11 is 1.92. The first kappa shape index (κ1) is 14.9. The third-order valence-corrected chi connectivity index (χ3v) is 4.99. The average Bonchev–Trinajstić information content (AvgIpc) is 2.47. The molecule has 1 unspecified atom stereocenters. The van der Waals surface area contributed by atoms with Gasteiger partial charge in [-0.25, -0.2) is 0 Å². The maximum absolute atomic E-state index is 3.71. The Morgan fingerprint density at radius 2 is 1.79 bits per heavy atom. The van der Waals surface area contributed by atoms with Crippen LogP contribution in [0.15, 0.2) is 29.2 Å². The molecule has 0 spiro atoms. The van der Waals surface area contributed by atoms with Gasteiger partial charge in [-0.1, -0.05) is 45.2 Å². The average molecular weight is 277 g/mol. The van der Waals surface area contributed by atoms with Crippen LogP contribution in [-0.4, -0.2) is 12.3 Å². The van der Waals surface area contributed by atoms with Crippen LogP contribution in [0.4, 0.5) is 0 Å². The summed E-state index contributed by atoms with van der Waals surface area (Å²) in [5.41, 5.74) is 1.48. The monoisotopic (exact) mass is 277 g/mol. The smallest absolute Gasteiger partial charge is 0.0348 e. The fourth-order valence-corrected chi connectivity index (χ4v) is 3.84. The van der Waals surface area contributed by atoms with Gasteiger partial charge in [0.05, 0.1) is 0 Å². The summed E-state index contributed by atoms with van der Waals surface area (Å²) in [7, 11) is 0. The van der Waals surface area contributed by atoms with Crippen molar-refractivity contribution in [2.75, 3.05) is 12.3 Å². The van der Waals surface area contributed by atoms with Crippen molar-refractivity contribution < 1.29 is 0 Å². The van der Waals surface area contributed by atoms with E-state index in [1.807, 2.05) is 11.8 Å². The van der Waals surface area contributed by atoms with Crippen molar-refractivity contribution in [1.29, 1.82) is 0 Å². The van der Waals surface area contributed by atoms with Crippen molar-refractivity contribution in [2.45, 2.75) is 56.9 Å². The van der Waals surface area contributed by atoms with Crippen LogP contribution in [0.2, 0.25) is 0 Å². The van der Waals surface area contributed by atoms with Crippen LogP contribution in [-0.2, 0) is 0 Å². The van der Waals surface area contributed by atoms with Gasteiger partial charge in [0, 0.05) is 10.9 Å². The second-order valence-corrected chi connectivity index (χ2v) is 6.77. The summed E-state index contributed by atoms with van der Waals surface area (Å²) in [5.74, 6) is 1.98. The fourth-order valence-electron chi connectivity index (χ4n) is 3.18. The number of nitrogens with one attached hydrogen (secondary N) is 1. The molecule has 0 bridgehead atoms. The van der Waals surface area contributed by atoms with Crippen LogP contribution >= 0.6 is 11.8 Å². The molecular formula is C17H27NS. The Morgan fingerprint density at radius 3 is 2.37 bits per heavy atom. The summed E-state index contributed by atoms with van der Waals surface area (Å²) in [5, 5.41) is 3.71. The molecule has 1 aliphatic carbocycles. The number of rotatable bonds is 6. The predicted octanol–water partition coefficient (Wildman–Crippen LogP) is 5.03. The second kappa shape index (κ2) is 7.96. The van der Waals surface area contributed by atoms with E-state index in [2.05, 4.69) is 43.4 Å². The minimum atomic E-state index is 0.561. The molecule has 2 rings (SSSR count). The second-order valence-electron chi connectivity index (χ2n) is 5.44. The summed E-state index contributed by atoms with van der Waals surface area (Å²) in [6, 6.07) is 9.80. The number of hydrogen-bond donors (Lipinski definition) is 1. The van der Waals surface area contributed by atoms with E-state index >= 15 is 0 Å². The Kier molecular flexibility index (Phi) is 6.25. The highest BCUT2D eigenvalue weighted by molar-refractivity contribution is 7.99. The molecule has 1 aliphatic rings. The van der Waals surface area contributed by atoms with E-state index in [1.165, 1.54) is 42.6 Å². The van der Waals surface area contributed by atoms with E-state index in [0.29, 0.717) is 6.04 Å². The number of benzene rings is 1. The lowest BCUT2D eigenvalue weighted by atomic mass is 9.81. The number of hydrogen-bond acceptors (Lipinski definition) is 2. The molecule has 1 nitrogen and oxygen atoms in total. The molecule has 0 aliphatic heterocycles. The standard InChI is InChI=1S/C17H27NS/c1-3-18-17(14-8-6-5-7-9-14)15-10-12-16(13-11-15)19-4-2/h10-14,17-18H,3-9H2,1-2H3. The summed E-state index contributed by atoms with van der Waals surface area (Å²) in [6.07, 6.45) is 7.04. The highest BCUT2D eigenvalue weighted by Crippen LogP contribution is 2.35. The van der Waals surface area contributed by atoms with Gasteiger partial charge in [-0.2, -0.15) is 0 Å². The minimum absolute atomic E-state index is 0.561. The predicted molar refractivity (Wildman–Crippen MR) is 85.8 cm³/mol. The summed E-state index contributed by atoms with van der Waals surface area (Å²) in [4.78, 5) is 1.39. The normalized spacial score (nSPS) is 18.4. The molecule has 0 saturated heterocycles. The molecule has 19 heavy (non-hydrogen) atoms. The van der Waals surface area contributed by atoms with Crippen molar-refractivity contribution in [3.63, 3.8) is 0 Å². The van der Waals surface area contributed by atoms with Gasteiger partial charge in [-0.15, -0.1) is 11.8 Å². The Labute approximate surface area is 122 Å². The van der Waals surface area contributed by atoms with Gasteiger partial charge in [0.15, 0.2) is 0 Å². The van der Waals surface area contributed by atoms with Crippen LogP contribution in [0.1, 0.15) is 57.6 Å². The largest absolute Gasteiger partial charge is 0.310 e. The molecule has 1 aromatic rings. The Morgan fingerprint density at radius 1 is 1.11 bits per heavy atom. The van der Waals surface area contributed by atoms with Gasteiger partial charge in [0.1, 0.15) is 0 Å². The van der Waals surface area contributed by atoms with E-state index < -0.39 is 0 Å². The molecule has 0 radical (unpaired) electrons. The lowest BCUT2D eigenvalue weighted by Gasteiger charge is -2.31. The van der Waals surface area contributed by atoms with Gasteiger partial charge in [0.2, 0.25) is 0 Å². The van der Waals surface area contributed by atoms with Gasteiger partial charge in [0.25, 0.3) is 0 Å². The highest BCUT2D eigenvalue weighted by atomic mass is 32.2. The third-order valence-electron chi connectivity index (χ3n) is 4.10. The molecular weight excluding hydrogens is 250 g/mol. The highest BCUT2D eigenvalue weighted by Gasteiger charge is 2.24. The topological polar surface area (TPSA) is 12.0 Å². The van der Waals surface area contributed by atoms with Crippen molar-refractivity contribution in [3.05, 3.63) is 29.8 Å². The Balaban J connectivity index is 2.08. The SMILES string of the molecule is CCNC(c1ccc(SCC)cc1)C1CCCCC1. The molecule has 106 valence electrons. The maximum Gasteiger partial charge on any atom is 0.0348 e. The zero-order valence-electron chi connectivity index (χ0n) is 12.3. The first-order valence-electron chi connectivity index (χ1n) is 7.81. The molecule has 1 saturated carbocycles. The van der Waals surface area contributed by atoms with Gasteiger partial charge in [-0.05, 0) is 48.8 Å². The maximum atomic E-state index is 3.71. The van der Waals surface area contributed by atoms with Gasteiger partial charge in [-0.3, -0.25) is 0 Å². The molecule has 0 heterocycles. The Hall–Kier alpha value is -0.470. The summed E-state index contributed by atoms with van der Waals surface area (Å²) in [6.45, 7) is 5.49. The third kappa shape index (κ3) is 4.25. The van der Waals surface area contributed by atoms with E-state index in [9.17, 15) is 0 Å². The van der Waals surface area contributed by atoms with Gasteiger partial charge < -0.3 is 5.32 Å². The van der Waals surface area contributed by atoms with Crippen LogP contribution in [0.5, 0.6) is 0 Å². The summed E-state index contributed by atoms with van der Waals surface area (Å²) < 4.78 is 0. The van der Waals surface area contributed by atoms with Crippen molar-refractivity contribution >= 4 is 11.8 Å². The molecule has 0 amide bonds.